The Morgan fingerprint density at radius 2 is 0.944 bits per heavy atom. The molecule has 108 valence electrons. The van der Waals surface area contributed by atoms with Gasteiger partial charge in [0.25, 0.3) is 3.53 Å². The molecule has 0 fully saturated rings. The highest BCUT2D eigenvalue weighted by Crippen LogP contribution is 2.32. The molecule has 0 saturated heterocycles. The van der Waals surface area contributed by atoms with Gasteiger partial charge in [-0.15, -0.1) is 0 Å². The first-order valence-corrected chi connectivity index (χ1v) is 7.20. The van der Waals surface area contributed by atoms with E-state index in [1.165, 1.54) is 0 Å². The van der Waals surface area contributed by atoms with Crippen molar-refractivity contribution in [3.63, 3.8) is 0 Å². The number of halogens is 6. The van der Waals surface area contributed by atoms with Crippen LogP contribution >= 0.6 is 0 Å². The minimum absolute atomic E-state index is 3.69. The van der Waals surface area contributed by atoms with E-state index in [1.807, 2.05) is 0 Å². The van der Waals surface area contributed by atoms with E-state index in [2.05, 4.69) is 0 Å². The first-order valence-electron chi connectivity index (χ1n) is 3.15. The van der Waals surface area contributed by atoms with Crippen LogP contribution in [0.15, 0.2) is 0 Å². The molecule has 0 saturated carbocycles. The lowest BCUT2D eigenvalue weighted by atomic mass is 11.5. The summed E-state index contributed by atoms with van der Waals surface area (Å²) in [5, 5.41) is 0. The molecule has 0 spiro atoms. The summed E-state index contributed by atoms with van der Waals surface area (Å²) in [7, 11) is -19.1. The Morgan fingerprint density at radius 1 is 0.722 bits per heavy atom. The summed E-state index contributed by atoms with van der Waals surface area (Å²) in [6.45, 7) is 0. The van der Waals surface area contributed by atoms with Gasteiger partial charge in [-0.1, -0.05) is 0 Å². The van der Waals surface area contributed by atoms with Gasteiger partial charge in [-0.3, -0.25) is 0 Å². The molecule has 0 radical (unpaired) electrons. The van der Waals surface area contributed by atoms with Crippen molar-refractivity contribution in [1.29, 1.82) is 0 Å². The van der Waals surface area contributed by atoms with E-state index in [0.29, 0.717) is 0 Å². The fourth-order valence-electron chi connectivity index (χ4n) is 0.513. The maximum absolute atomic E-state index is 11.8. The largest absolute Gasteiger partial charge is 0.503 e. The highest BCUT2D eigenvalue weighted by Gasteiger charge is 2.62. The molecule has 0 aliphatic heterocycles. The second-order valence-electron chi connectivity index (χ2n) is 2.38. The monoisotopic (exact) mass is 342 g/mol. The van der Waals surface area contributed by atoms with Crippen LogP contribution in [0.4, 0.5) is 26.3 Å². The Labute approximate surface area is 96.6 Å². The van der Waals surface area contributed by atoms with Gasteiger partial charge in [-0.2, -0.15) is 34.8 Å². The normalized spacial score (nSPS) is 14.3. The third-order valence-corrected chi connectivity index (χ3v) is 7.00. The topological polar surface area (TPSA) is 102 Å². The minimum Gasteiger partial charge on any atom is -0.213 e. The summed E-state index contributed by atoms with van der Waals surface area (Å²) < 4.78 is 129. The molecular weight excluding hydrogens is 342 g/mol. The SMILES string of the molecule is O=S(=O)=C(S(=O)(=O)C(F)(F)F)S(=O)(=O)C(F)(F)F. The van der Waals surface area contributed by atoms with Crippen LogP contribution in [0.5, 0.6) is 0 Å². The van der Waals surface area contributed by atoms with E-state index in [1.54, 1.807) is 0 Å². The predicted octanol–water partition coefficient (Wildman–Crippen LogP) is -0.178. The van der Waals surface area contributed by atoms with Crippen molar-refractivity contribution < 1.29 is 51.6 Å². The molecule has 0 aliphatic carbocycles. The number of rotatable bonds is 0. The Balaban J connectivity index is 6.68. The molecule has 0 heterocycles. The van der Waals surface area contributed by atoms with E-state index in [9.17, 15) is 51.6 Å². The molecule has 15 heteroatoms. The van der Waals surface area contributed by atoms with Gasteiger partial charge in [0, 0.05) is 0 Å². The second-order valence-corrected chi connectivity index (χ2v) is 7.79. The van der Waals surface area contributed by atoms with Crippen molar-refractivity contribution in [1.82, 2.24) is 0 Å². The molecule has 0 unspecified atom stereocenters. The average molecular weight is 342 g/mol. The number of hydrogen-bond acceptors (Lipinski definition) is 6. The van der Waals surface area contributed by atoms with E-state index in [4.69, 9.17) is 0 Å². The van der Waals surface area contributed by atoms with Crippen LogP contribution in [0.25, 0.3) is 0 Å². The van der Waals surface area contributed by atoms with Crippen molar-refractivity contribution in [2.75, 3.05) is 0 Å². The molecule has 0 aliphatic rings. The molecule has 0 N–H and O–H groups in total. The van der Waals surface area contributed by atoms with Crippen LogP contribution in [-0.4, -0.2) is 39.8 Å². The first kappa shape index (κ1) is 17.2. The van der Waals surface area contributed by atoms with Crippen molar-refractivity contribution in [2.24, 2.45) is 0 Å². The number of hydrogen-bond donors (Lipinski definition) is 0. The van der Waals surface area contributed by atoms with Gasteiger partial charge in [-0.25, -0.2) is 16.8 Å². The van der Waals surface area contributed by atoms with Gasteiger partial charge in [0.1, 0.15) is 0 Å². The molecule has 0 bridgehead atoms. The number of alkyl halides is 6. The zero-order valence-electron chi connectivity index (χ0n) is 7.44. The Hall–Kier alpha value is -0.830. The summed E-state index contributed by atoms with van der Waals surface area (Å²) in [4.78, 5) is 0. The molecule has 0 atom stereocenters. The van der Waals surface area contributed by atoms with Gasteiger partial charge in [-0.05, 0) is 0 Å². The molecule has 0 aromatic heterocycles. The summed E-state index contributed by atoms with van der Waals surface area (Å²) in [5.41, 5.74) is -13.0. The third-order valence-electron chi connectivity index (χ3n) is 1.18. The van der Waals surface area contributed by atoms with E-state index in [0.717, 1.165) is 0 Å². The Morgan fingerprint density at radius 3 is 1.06 bits per heavy atom. The van der Waals surface area contributed by atoms with Crippen molar-refractivity contribution >= 4 is 33.5 Å². The van der Waals surface area contributed by atoms with E-state index >= 15 is 0 Å². The zero-order chi connectivity index (χ0) is 15.2. The molecule has 0 aromatic rings. The molecular formula is C3F6O6S3. The van der Waals surface area contributed by atoms with Crippen LogP contribution in [0.1, 0.15) is 0 Å². The van der Waals surface area contributed by atoms with E-state index in [-0.39, 0.29) is 0 Å². The van der Waals surface area contributed by atoms with Crippen molar-refractivity contribution in [3.05, 3.63) is 0 Å². The summed E-state index contributed by atoms with van der Waals surface area (Å²) in [6, 6.07) is 0. The summed E-state index contributed by atoms with van der Waals surface area (Å²) in [6.07, 6.45) is 0. The fourth-order valence-corrected chi connectivity index (χ4v) is 4.61. The first-order chi connectivity index (χ1) is 7.57. The van der Waals surface area contributed by atoms with Gasteiger partial charge in [0.2, 0.25) is 10.3 Å². The lowest BCUT2D eigenvalue weighted by Gasteiger charge is -2.10. The Bertz CT molecular complexity index is 618. The van der Waals surface area contributed by atoms with Gasteiger partial charge in [0.15, 0.2) is 0 Å². The van der Waals surface area contributed by atoms with Crippen LogP contribution in [-0.2, 0) is 30.0 Å². The summed E-state index contributed by atoms with van der Waals surface area (Å²) in [5.74, 6) is 0. The van der Waals surface area contributed by atoms with E-state index < -0.39 is 44.5 Å². The maximum Gasteiger partial charge on any atom is 0.503 e. The smallest absolute Gasteiger partial charge is 0.213 e. The Kier molecular flexibility index (Phi) is 4.17. The molecule has 0 rings (SSSR count). The minimum atomic E-state index is -7.18. The van der Waals surface area contributed by atoms with Gasteiger partial charge < -0.3 is 0 Å². The van der Waals surface area contributed by atoms with Crippen LogP contribution in [0.2, 0.25) is 0 Å². The quantitative estimate of drug-likeness (QED) is 0.447. The van der Waals surface area contributed by atoms with Crippen LogP contribution < -0.4 is 0 Å². The highest BCUT2D eigenvalue weighted by atomic mass is 32.3. The summed E-state index contributed by atoms with van der Waals surface area (Å²) >= 11 is 0. The zero-order valence-corrected chi connectivity index (χ0v) is 9.89. The molecule has 18 heavy (non-hydrogen) atoms. The lowest BCUT2D eigenvalue weighted by Crippen LogP contribution is -2.41. The highest BCUT2D eigenvalue weighted by molar-refractivity contribution is 8.40. The molecule has 0 aromatic carbocycles. The maximum atomic E-state index is 11.8. The average Bonchev–Trinajstić information content (AvgIpc) is 1.96. The van der Waals surface area contributed by atoms with Crippen molar-refractivity contribution in [3.8, 4) is 0 Å². The lowest BCUT2D eigenvalue weighted by molar-refractivity contribution is -0.0426. The predicted molar refractivity (Wildman–Crippen MR) is 43.9 cm³/mol. The second kappa shape index (κ2) is 4.37. The van der Waals surface area contributed by atoms with Crippen LogP contribution in [0, 0.1) is 0 Å². The molecule has 0 amide bonds. The van der Waals surface area contributed by atoms with Gasteiger partial charge >= 0.3 is 30.7 Å². The third kappa shape index (κ3) is 2.77. The van der Waals surface area contributed by atoms with Gasteiger partial charge in [0.05, 0.1) is 0 Å². The van der Waals surface area contributed by atoms with Crippen molar-refractivity contribution in [2.45, 2.75) is 11.0 Å². The fraction of sp³-hybridized carbons (Fsp3) is 0.667. The van der Waals surface area contributed by atoms with Crippen LogP contribution in [0.3, 0.4) is 0 Å². The molecule has 6 nitrogen and oxygen atoms in total. The number of sulfone groups is 2. The standard InChI is InChI=1S/C3F6O6S3/c4-2(5,6)17(12,13)1(16(10)11)18(14,15)3(7,8)9.